The highest BCUT2D eigenvalue weighted by Crippen LogP contribution is 2.34. The summed E-state index contributed by atoms with van der Waals surface area (Å²) in [7, 11) is 0. The summed E-state index contributed by atoms with van der Waals surface area (Å²) in [4.78, 5) is 35.5. The van der Waals surface area contributed by atoms with Gasteiger partial charge in [0, 0.05) is 29.4 Å². The SMILES string of the molecule is CC(C)(C)OC(=O)N1CCC[C@H]1c1ncc(-c2ccc3cc(-c4ccc(-c5cnc([C@@H]6CCCN6)[nH]5)cn4)ccc3c2)[nH]1. The van der Waals surface area contributed by atoms with E-state index in [-0.39, 0.29) is 12.1 Å². The van der Waals surface area contributed by atoms with Crippen molar-refractivity contribution >= 4 is 16.9 Å². The summed E-state index contributed by atoms with van der Waals surface area (Å²) in [6.07, 6.45) is 9.47. The maximum atomic E-state index is 12.8. The first-order valence-electron chi connectivity index (χ1n) is 15.1. The lowest BCUT2D eigenvalue weighted by molar-refractivity contribution is 0.0218. The summed E-state index contributed by atoms with van der Waals surface area (Å²) in [6.45, 7) is 7.39. The fraction of sp³-hybridized carbons (Fsp3) is 0.353. The third kappa shape index (κ3) is 5.64. The van der Waals surface area contributed by atoms with Gasteiger partial charge in [-0.05, 0) is 88.0 Å². The van der Waals surface area contributed by atoms with E-state index in [0.29, 0.717) is 12.6 Å². The van der Waals surface area contributed by atoms with Crippen molar-refractivity contribution in [3.05, 3.63) is 78.8 Å². The molecule has 3 N–H and O–H groups in total. The van der Waals surface area contributed by atoms with Crippen molar-refractivity contribution in [1.29, 1.82) is 0 Å². The largest absolute Gasteiger partial charge is 0.444 e. The second kappa shape index (κ2) is 11.0. The molecule has 1 amide bonds. The predicted octanol–water partition coefficient (Wildman–Crippen LogP) is 7.18. The van der Waals surface area contributed by atoms with Crippen molar-refractivity contribution in [1.82, 2.24) is 35.1 Å². The Kier molecular flexibility index (Phi) is 6.97. The molecule has 2 fully saturated rings. The number of H-pyrrole nitrogens is 2. The number of aromatic amines is 2. The zero-order chi connectivity index (χ0) is 29.6. The van der Waals surface area contributed by atoms with Gasteiger partial charge in [-0.15, -0.1) is 0 Å². The molecule has 2 aliphatic heterocycles. The van der Waals surface area contributed by atoms with Gasteiger partial charge in [0.1, 0.15) is 17.2 Å². The highest BCUT2D eigenvalue weighted by atomic mass is 16.6. The highest BCUT2D eigenvalue weighted by Gasteiger charge is 2.34. The molecule has 9 nitrogen and oxygen atoms in total. The first-order chi connectivity index (χ1) is 20.8. The van der Waals surface area contributed by atoms with Crippen LogP contribution in [-0.4, -0.2) is 54.6 Å². The Balaban J connectivity index is 1.07. The second-order valence-electron chi connectivity index (χ2n) is 12.6. The number of hydrogen-bond donors (Lipinski definition) is 3. The lowest BCUT2D eigenvalue weighted by Gasteiger charge is -2.27. The fourth-order valence-electron chi connectivity index (χ4n) is 6.12. The summed E-state index contributed by atoms with van der Waals surface area (Å²) in [5.41, 5.74) is 5.46. The van der Waals surface area contributed by atoms with Crippen LogP contribution < -0.4 is 5.32 Å². The van der Waals surface area contributed by atoms with E-state index in [1.165, 1.54) is 6.42 Å². The van der Waals surface area contributed by atoms with E-state index in [2.05, 4.69) is 73.8 Å². The van der Waals surface area contributed by atoms with Crippen molar-refractivity contribution in [3.63, 3.8) is 0 Å². The van der Waals surface area contributed by atoms with Crippen molar-refractivity contribution in [3.8, 4) is 33.8 Å². The Morgan fingerprint density at radius 2 is 1.51 bits per heavy atom. The molecular weight excluding hydrogens is 538 g/mol. The Hall–Kier alpha value is -4.50. The zero-order valence-corrected chi connectivity index (χ0v) is 24.9. The van der Waals surface area contributed by atoms with Crippen LogP contribution in [0.5, 0.6) is 0 Å². The molecule has 220 valence electrons. The fourth-order valence-corrected chi connectivity index (χ4v) is 6.12. The van der Waals surface area contributed by atoms with Crippen molar-refractivity contribution in [2.24, 2.45) is 0 Å². The monoisotopic (exact) mass is 575 g/mol. The molecule has 0 unspecified atom stereocenters. The van der Waals surface area contributed by atoms with Crippen LogP contribution in [0.15, 0.2) is 67.1 Å². The maximum absolute atomic E-state index is 12.8. The average molecular weight is 576 g/mol. The Morgan fingerprint density at radius 1 is 0.814 bits per heavy atom. The molecule has 7 rings (SSSR count). The van der Waals surface area contributed by atoms with Crippen LogP contribution in [0.4, 0.5) is 4.79 Å². The number of amides is 1. The number of aromatic nitrogens is 5. The molecule has 2 aromatic carbocycles. The molecule has 2 atom stereocenters. The average Bonchev–Trinajstić information content (AvgIpc) is 3.82. The minimum Gasteiger partial charge on any atom is -0.444 e. The second-order valence-corrected chi connectivity index (χ2v) is 12.6. The number of carbonyl (C=O) groups excluding carboxylic acids is 1. The van der Waals surface area contributed by atoms with Crippen LogP contribution in [0.3, 0.4) is 0 Å². The number of nitrogens with one attached hydrogen (secondary N) is 3. The van der Waals surface area contributed by atoms with E-state index >= 15 is 0 Å². The quantitative estimate of drug-likeness (QED) is 0.205. The number of ether oxygens (including phenoxy) is 1. The molecule has 2 aliphatic rings. The normalized spacial score (nSPS) is 18.9. The van der Waals surface area contributed by atoms with E-state index in [4.69, 9.17) is 9.72 Å². The Morgan fingerprint density at radius 3 is 2.23 bits per heavy atom. The minimum atomic E-state index is -0.528. The number of rotatable bonds is 5. The van der Waals surface area contributed by atoms with E-state index in [0.717, 1.165) is 82.0 Å². The molecule has 0 spiro atoms. The van der Waals surface area contributed by atoms with Crippen LogP contribution in [0.2, 0.25) is 0 Å². The van der Waals surface area contributed by atoms with Gasteiger partial charge in [-0.3, -0.25) is 9.88 Å². The van der Waals surface area contributed by atoms with Crippen molar-refractivity contribution in [2.45, 2.75) is 64.1 Å². The topological polar surface area (TPSA) is 112 Å². The van der Waals surface area contributed by atoms with E-state index in [1.54, 1.807) is 4.90 Å². The first-order valence-corrected chi connectivity index (χ1v) is 15.1. The number of imidazole rings is 2. The van der Waals surface area contributed by atoms with Crippen molar-refractivity contribution < 1.29 is 9.53 Å². The molecule has 5 heterocycles. The first kappa shape index (κ1) is 27.3. The van der Waals surface area contributed by atoms with Crippen LogP contribution in [0, 0.1) is 0 Å². The number of nitrogens with zero attached hydrogens (tertiary/aromatic N) is 4. The van der Waals surface area contributed by atoms with Gasteiger partial charge in [0.05, 0.1) is 41.6 Å². The summed E-state index contributed by atoms with van der Waals surface area (Å²) in [6, 6.07) is 17.2. The number of fused-ring (bicyclic) bond motifs is 1. The van der Waals surface area contributed by atoms with E-state index < -0.39 is 5.60 Å². The molecule has 0 bridgehead atoms. The third-order valence-electron chi connectivity index (χ3n) is 8.30. The van der Waals surface area contributed by atoms with Gasteiger partial charge >= 0.3 is 6.09 Å². The highest BCUT2D eigenvalue weighted by molar-refractivity contribution is 5.90. The standard InChI is InChI=1S/C34H37N7O2/c1-34(2,3)43-33(42)41-15-5-7-30(41)32-38-19-28(40-32)24-11-9-21-16-23(10-8-22(21)17-24)26-13-12-25(18-36-26)29-20-37-31(39-29)27-6-4-14-35-27/h8-13,16-20,27,30,35H,4-7,14-15H2,1-3H3,(H,37,39)(H,38,40)/t27-,30-/m0/s1. The molecule has 0 radical (unpaired) electrons. The number of carbonyl (C=O) groups is 1. The lowest BCUT2D eigenvalue weighted by Crippen LogP contribution is -2.36. The molecule has 9 heteroatoms. The molecule has 43 heavy (non-hydrogen) atoms. The van der Waals surface area contributed by atoms with Gasteiger partial charge in [-0.1, -0.05) is 24.3 Å². The summed E-state index contributed by atoms with van der Waals surface area (Å²) >= 11 is 0. The number of benzene rings is 2. The number of likely N-dealkylation sites (tertiary alicyclic amines) is 1. The summed E-state index contributed by atoms with van der Waals surface area (Å²) in [5, 5.41) is 5.76. The minimum absolute atomic E-state index is 0.106. The van der Waals surface area contributed by atoms with Gasteiger partial charge in [0.15, 0.2) is 0 Å². The molecule has 2 saturated heterocycles. The van der Waals surface area contributed by atoms with E-state index in [1.807, 2.05) is 39.4 Å². The number of hydrogen-bond acceptors (Lipinski definition) is 6. The van der Waals surface area contributed by atoms with Gasteiger partial charge in [0.25, 0.3) is 0 Å². The number of pyridine rings is 1. The zero-order valence-electron chi connectivity index (χ0n) is 24.9. The van der Waals surface area contributed by atoms with Crippen LogP contribution >= 0.6 is 0 Å². The van der Waals surface area contributed by atoms with Crippen LogP contribution in [0.25, 0.3) is 44.5 Å². The molecule has 5 aromatic rings. The Labute approximate surface area is 251 Å². The van der Waals surface area contributed by atoms with Crippen molar-refractivity contribution in [2.75, 3.05) is 13.1 Å². The molecule has 0 aliphatic carbocycles. The maximum Gasteiger partial charge on any atom is 0.410 e. The van der Waals surface area contributed by atoms with Gasteiger partial charge in [0.2, 0.25) is 0 Å². The summed E-state index contributed by atoms with van der Waals surface area (Å²) < 4.78 is 5.63. The third-order valence-corrected chi connectivity index (χ3v) is 8.30. The lowest BCUT2D eigenvalue weighted by atomic mass is 10.0. The molecule has 0 saturated carbocycles. The smallest absolute Gasteiger partial charge is 0.410 e. The van der Waals surface area contributed by atoms with Gasteiger partial charge < -0.3 is 20.0 Å². The summed E-state index contributed by atoms with van der Waals surface area (Å²) in [5.74, 6) is 1.79. The molecular formula is C34H37N7O2. The van der Waals surface area contributed by atoms with Crippen LogP contribution in [-0.2, 0) is 4.74 Å². The van der Waals surface area contributed by atoms with Gasteiger partial charge in [-0.25, -0.2) is 14.8 Å². The Bertz CT molecular complexity index is 1760. The molecule has 3 aromatic heterocycles. The van der Waals surface area contributed by atoms with Crippen LogP contribution in [0.1, 0.15) is 70.2 Å². The van der Waals surface area contributed by atoms with Gasteiger partial charge in [-0.2, -0.15) is 0 Å². The predicted molar refractivity (Wildman–Crippen MR) is 167 cm³/mol. The van der Waals surface area contributed by atoms with E-state index in [9.17, 15) is 4.79 Å².